The smallest absolute Gasteiger partial charge is 0.130 e. The number of anilines is 2. The number of hydrogen-bond acceptors (Lipinski definition) is 5. The number of piperidine rings is 1. The van der Waals surface area contributed by atoms with Crippen molar-refractivity contribution in [1.82, 2.24) is 4.98 Å². The van der Waals surface area contributed by atoms with Gasteiger partial charge in [0.25, 0.3) is 0 Å². The number of aromatic hydroxyl groups is 1. The zero-order valence-corrected chi connectivity index (χ0v) is 14.6. The fourth-order valence-electron chi connectivity index (χ4n) is 3.18. The summed E-state index contributed by atoms with van der Waals surface area (Å²) in [6.45, 7) is 1.69. The van der Waals surface area contributed by atoms with E-state index in [2.05, 4.69) is 9.88 Å². The zero-order chi connectivity index (χ0) is 17.3. The molecular weight excluding hydrogens is 347 g/mol. The molecule has 3 rings (SSSR count). The van der Waals surface area contributed by atoms with E-state index in [0.717, 1.165) is 31.7 Å². The highest BCUT2D eigenvalue weighted by Gasteiger charge is 2.27. The van der Waals surface area contributed by atoms with Crippen LogP contribution in [0.2, 0.25) is 10.0 Å². The van der Waals surface area contributed by atoms with Crippen LogP contribution in [0, 0.1) is 5.92 Å². The Balaban J connectivity index is 1.69. The first-order valence-electron chi connectivity index (χ1n) is 7.86. The van der Waals surface area contributed by atoms with Gasteiger partial charge in [-0.1, -0.05) is 29.3 Å². The summed E-state index contributed by atoms with van der Waals surface area (Å²) >= 11 is 12.0. The molecule has 5 nitrogen and oxygen atoms in total. The maximum absolute atomic E-state index is 10.1. The number of rotatable bonds is 3. The van der Waals surface area contributed by atoms with Gasteiger partial charge < -0.3 is 21.5 Å². The Morgan fingerprint density at radius 1 is 1.17 bits per heavy atom. The standard InChI is InChI=1S/C17H20Cl2N4O/c18-12-8-11(14(24)9-13(12)19)17(21)10-4-6-23(7-5-10)16-3-1-2-15(20)22-16/h1-3,8-10,17,24H,4-7,21H2,(H2,20,22)/t17-/m1/s1. The molecular formula is C17H20Cl2N4O. The van der Waals surface area contributed by atoms with Crippen LogP contribution in [0.3, 0.4) is 0 Å². The molecule has 0 amide bonds. The predicted octanol–water partition coefficient (Wildman–Crippen LogP) is 3.59. The molecule has 0 saturated carbocycles. The van der Waals surface area contributed by atoms with E-state index in [1.54, 1.807) is 12.1 Å². The molecule has 0 radical (unpaired) electrons. The minimum atomic E-state index is -0.282. The van der Waals surface area contributed by atoms with Crippen LogP contribution < -0.4 is 16.4 Å². The zero-order valence-electron chi connectivity index (χ0n) is 13.1. The third-order valence-corrected chi connectivity index (χ3v) is 5.28. The lowest BCUT2D eigenvalue weighted by Gasteiger charge is -2.35. The molecule has 1 aliphatic heterocycles. The summed E-state index contributed by atoms with van der Waals surface area (Å²) in [5, 5.41) is 10.9. The molecule has 2 aromatic rings. The lowest BCUT2D eigenvalue weighted by molar-refractivity contribution is 0.336. The van der Waals surface area contributed by atoms with Crippen LogP contribution in [-0.2, 0) is 0 Å². The first-order valence-corrected chi connectivity index (χ1v) is 8.62. The molecule has 0 spiro atoms. The van der Waals surface area contributed by atoms with Crippen molar-refractivity contribution in [2.24, 2.45) is 11.7 Å². The number of pyridine rings is 1. The van der Waals surface area contributed by atoms with Crippen molar-refractivity contribution in [3.8, 4) is 5.75 Å². The van der Waals surface area contributed by atoms with Crippen molar-refractivity contribution in [3.63, 3.8) is 0 Å². The molecule has 5 N–H and O–H groups in total. The highest BCUT2D eigenvalue weighted by atomic mass is 35.5. The van der Waals surface area contributed by atoms with Gasteiger partial charge in [0.05, 0.1) is 10.0 Å². The summed E-state index contributed by atoms with van der Waals surface area (Å²) in [7, 11) is 0. The molecule has 0 aliphatic carbocycles. The predicted molar refractivity (Wildman–Crippen MR) is 98.6 cm³/mol. The molecule has 0 bridgehead atoms. The van der Waals surface area contributed by atoms with Crippen LogP contribution in [0.5, 0.6) is 5.75 Å². The molecule has 1 aromatic carbocycles. The van der Waals surface area contributed by atoms with E-state index in [9.17, 15) is 5.11 Å². The van der Waals surface area contributed by atoms with Gasteiger partial charge in [-0.05, 0) is 37.0 Å². The second-order valence-corrected chi connectivity index (χ2v) is 6.91. The molecule has 128 valence electrons. The Morgan fingerprint density at radius 3 is 2.50 bits per heavy atom. The van der Waals surface area contributed by atoms with Gasteiger partial charge >= 0.3 is 0 Å². The number of aromatic nitrogens is 1. The minimum absolute atomic E-state index is 0.0943. The van der Waals surface area contributed by atoms with Crippen LogP contribution in [0.1, 0.15) is 24.4 Å². The highest BCUT2D eigenvalue weighted by molar-refractivity contribution is 6.42. The fraction of sp³-hybridized carbons (Fsp3) is 0.353. The number of phenolic OH excluding ortho intramolecular Hbond substituents is 1. The number of hydrogen-bond donors (Lipinski definition) is 3. The number of halogens is 2. The van der Waals surface area contributed by atoms with Gasteiger partial charge in [-0.15, -0.1) is 0 Å². The second-order valence-electron chi connectivity index (χ2n) is 6.10. The third kappa shape index (κ3) is 3.53. The van der Waals surface area contributed by atoms with Crippen LogP contribution in [0.15, 0.2) is 30.3 Å². The Kier molecular flexibility index (Phi) is 5.04. The molecule has 1 aromatic heterocycles. The van der Waals surface area contributed by atoms with E-state index in [1.807, 2.05) is 12.1 Å². The number of nitrogens with two attached hydrogens (primary N) is 2. The highest BCUT2D eigenvalue weighted by Crippen LogP contribution is 2.38. The van der Waals surface area contributed by atoms with Crippen LogP contribution in [0.4, 0.5) is 11.6 Å². The Bertz CT molecular complexity index is 733. The summed E-state index contributed by atoms with van der Waals surface area (Å²) in [4.78, 5) is 6.56. The Hall–Kier alpha value is -1.69. The number of nitrogens with zero attached hydrogens (tertiary/aromatic N) is 2. The lowest BCUT2D eigenvalue weighted by atomic mass is 9.85. The molecule has 7 heteroatoms. The lowest BCUT2D eigenvalue weighted by Crippen LogP contribution is -2.38. The molecule has 1 fully saturated rings. The first kappa shape index (κ1) is 17.1. The summed E-state index contributed by atoms with van der Waals surface area (Å²) in [5.41, 5.74) is 12.8. The molecule has 1 saturated heterocycles. The molecule has 1 atom stereocenters. The average Bonchev–Trinajstić information content (AvgIpc) is 2.58. The van der Waals surface area contributed by atoms with Gasteiger partial charge in [-0.2, -0.15) is 0 Å². The van der Waals surface area contributed by atoms with E-state index in [0.29, 0.717) is 21.4 Å². The van der Waals surface area contributed by atoms with Crippen molar-refractivity contribution in [1.29, 1.82) is 0 Å². The summed E-state index contributed by atoms with van der Waals surface area (Å²) in [5.74, 6) is 1.76. The first-order chi connectivity index (χ1) is 11.5. The average molecular weight is 367 g/mol. The van der Waals surface area contributed by atoms with Crippen molar-refractivity contribution in [3.05, 3.63) is 45.9 Å². The van der Waals surface area contributed by atoms with Crippen LogP contribution in [-0.4, -0.2) is 23.2 Å². The number of nitrogen functional groups attached to an aromatic ring is 1. The van der Waals surface area contributed by atoms with E-state index < -0.39 is 0 Å². The van der Waals surface area contributed by atoms with Crippen LogP contribution in [0.25, 0.3) is 0 Å². The van der Waals surface area contributed by atoms with E-state index in [1.165, 1.54) is 6.07 Å². The summed E-state index contributed by atoms with van der Waals surface area (Å²) in [6.07, 6.45) is 1.80. The fourth-order valence-corrected chi connectivity index (χ4v) is 3.51. The molecule has 2 heterocycles. The van der Waals surface area contributed by atoms with Gasteiger partial charge in [0, 0.05) is 30.8 Å². The van der Waals surface area contributed by atoms with Gasteiger partial charge in [-0.3, -0.25) is 0 Å². The van der Waals surface area contributed by atoms with Crippen LogP contribution >= 0.6 is 23.2 Å². The monoisotopic (exact) mass is 366 g/mol. The van der Waals surface area contributed by atoms with E-state index >= 15 is 0 Å². The largest absolute Gasteiger partial charge is 0.508 e. The van der Waals surface area contributed by atoms with Crippen molar-refractivity contribution in [2.45, 2.75) is 18.9 Å². The van der Waals surface area contributed by atoms with Gasteiger partial charge in [0.15, 0.2) is 0 Å². The molecule has 1 aliphatic rings. The number of phenols is 1. The molecule has 0 unspecified atom stereocenters. The van der Waals surface area contributed by atoms with Crippen molar-refractivity contribution in [2.75, 3.05) is 23.7 Å². The van der Waals surface area contributed by atoms with Gasteiger partial charge in [0.1, 0.15) is 17.4 Å². The van der Waals surface area contributed by atoms with Crippen molar-refractivity contribution < 1.29 is 5.11 Å². The maximum atomic E-state index is 10.1. The van der Waals surface area contributed by atoms with Gasteiger partial charge in [-0.25, -0.2) is 4.98 Å². The quantitative estimate of drug-likeness (QED) is 0.772. The van der Waals surface area contributed by atoms with Gasteiger partial charge in [0.2, 0.25) is 0 Å². The minimum Gasteiger partial charge on any atom is -0.508 e. The topological polar surface area (TPSA) is 88.4 Å². The Morgan fingerprint density at radius 2 is 1.83 bits per heavy atom. The summed E-state index contributed by atoms with van der Waals surface area (Å²) < 4.78 is 0. The van der Waals surface area contributed by atoms with E-state index in [4.69, 9.17) is 34.7 Å². The van der Waals surface area contributed by atoms with Crippen molar-refractivity contribution >= 4 is 34.8 Å². The molecule has 24 heavy (non-hydrogen) atoms. The summed E-state index contributed by atoms with van der Waals surface area (Å²) in [6, 6.07) is 8.47. The normalized spacial score (nSPS) is 17.0. The van der Waals surface area contributed by atoms with E-state index in [-0.39, 0.29) is 17.7 Å². The second kappa shape index (κ2) is 7.05. The maximum Gasteiger partial charge on any atom is 0.130 e. The third-order valence-electron chi connectivity index (χ3n) is 4.56. The SMILES string of the molecule is Nc1cccc(N2CCC([C@@H](N)c3cc(Cl)c(Cl)cc3O)CC2)n1. The number of benzene rings is 1. The Labute approximate surface area is 151 Å².